The Kier molecular flexibility index (Phi) is 7.02. The fraction of sp³-hybridized carbons (Fsp3) is 0.500. The molecule has 4 rings (SSSR count). The zero-order valence-corrected chi connectivity index (χ0v) is 19.2. The summed E-state index contributed by atoms with van der Waals surface area (Å²) in [6.07, 6.45) is 3.66. The zero-order chi connectivity index (χ0) is 21.8. The average Bonchev–Trinajstić information content (AvgIpc) is 2.78. The highest BCUT2D eigenvalue weighted by Gasteiger charge is 2.24. The molecule has 0 unspecified atom stereocenters. The third-order valence-electron chi connectivity index (χ3n) is 5.67. The third-order valence-corrected chi connectivity index (χ3v) is 6.20. The molecule has 2 aromatic rings. The number of benzene rings is 1. The van der Waals surface area contributed by atoms with Crippen LogP contribution in [-0.2, 0) is 4.79 Å². The van der Waals surface area contributed by atoms with Crippen LogP contribution in [0.1, 0.15) is 25.0 Å². The van der Waals surface area contributed by atoms with E-state index >= 15 is 0 Å². The normalized spacial score (nSPS) is 17.1. The van der Waals surface area contributed by atoms with E-state index in [1.807, 2.05) is 17.9 Å². The van der Waals surface area contributed by atoms with Crippen molar-refractivity contribution in [1.29, 1.82) is 0 Å². The number of piperazine rings is 1. The minimum absolute atomic E-state index is 0.0485. The summed E-state index contributed by atoms with van der Waals surface area (Å²) in [4.78, 5) is 28.4. The van der Waals surface area contributed by atoms with Crippen LogP contribution in [-0.4, -0.2) is 66.7 Å². The number of aryl methyl sites for hydroxylation is 1. The number of carbonyl (C=O) groups excluding carboxylic acids is 1. The lowest BCUT2D eigenvalue weighted by molar-refractivity contribution is -0.133. The van der Waals surface area contributed by atoms with Crippen LogP contribution in [0, 0.1) is 6.92 Å². The van der Waals surface area contributed by atoms with Crippen molar-refractivity contribution in [3.05, 3.63) is 40.0 Å². The Morgan fingerprint density at radius 3 is 2.42 bits per heavy atom. The summed E-state index contributed by atoms with van der Waals surface area (Å²) in [5.41, 5.74) is 0.970. The Balaban J connectivity index is 1.33. The van der Waals surface area contributed by atoms with Gasteiger partial charge in [0.2, 0.25) is 5.95 Å². The van der Waals surface area contributed by atoms with E-state index < -0.39 is 0 Å². The van der Waals surface area contributed by atoms with Gasteiger partial charge in [-0.15, -0.1) is 0 Å². The van der Waals surface area contributed by atoms with Crippen LogP contribution in [0.25, 0.3) is 0 Å². The number of hydrogen-bond donors (Lipinski definition) is 0. The smallest absolute Gasteiger partial charge is 0.260 e. The standard InChI is InChI=1S/C22H27Cl2N5O2/c1-16-13-20(26-22(25-16)29-7-3-2-4-8-29)27-9-11-28(12-10-27)21(30)15-31-19-6-5-17(23)14-18(19)24/h5-6,13-14H,2-4,7-12,15H2,1H3. The van der Waals surface area contributed by atoms with Crippen molar-refractivity contribution in [1.82, 2.24) is 14.9 Å². The number of carbonyl (C=O) groups is 1. The summed E-state index contributed by atoms with van der Waals surface area (Å²) < 4.78 is 5.60. The first-order valence-electron chi connectivity index (χ1n) is 10.7. The number of piperidine rings is 1. The van der Waals surface area contributed by atoms with Gasteiger partial charge in [-0.05, 0) is 44.4 Å². The Bertz CT molecular complexity index is 928. The number of nitrogens with zero attached hydrogens (tertiary/aromatic N) is 5. The van der Waals surface area contributed by atoms with Crippen LogP contribution in [0.15, 0.2) is 24.3 Å². The molecule has 0 aliphatic carbocycles. The van der Waals surface area contributed by atoms with Crippen molar-refractivity contribution in [2.45, 2.75) is 26.2 Å². The number of halogens is 2. The van der Waals surface area contributed by atoms with Gasteiger partial charge in [0.25, 0.3) is 5.91 Å². The second-order valence-electron chi connectivity index (χ2n) is 7.95. The molecule has 0 atom stereocenters. The fourth-order valence-electron chi connectivity index (χ4n) is 3.94. The molecule has 9 heteroatoms. The Labute approximate surface area is 192 Å². The van der Waals surface area contributed by atoms with E-state index in [2.05, 4.69) is 14.8 Å². The van der Waals surface area contributed by atoms with Crippen molar-refractivity contribution >= 4 is 40.9 Å². The summed E-state index contributed by atoms with van der Waals surface area (Å²) in [6, 6.07) is 6.99. The van der Waals surface area contributed by atoms with Gasteiger partial charge in [0, 0.05) is 56.1 Å². The Hall–Kier alpha value is -2.25. The van der Waals surface area contributed by atoms with E-state index in [-0.39, 0.29) is 12.5 Å². The van der Waals surface area contributed by atoms with Crippen LogP contribution in [0.4, 0.5) is 11.8 Å². The summed E-state index contributed by atoms with van der Waals surface area (Å²) in [7, 11) is 0. The largest absolute Gasteiger partial charge is 0.482 e. The number of anilines is 2. The lowest BCUT2D eigenvalue weighted by Crippen LogP contribution is -2.50. The van der Waals surface area contributed by atoms with Crippen LogP contribution < -0.4 is 14.5 Å². The molecule has 7 nitrogen and oxygen atoms in total. The van der Waals surface area contributed by atoms with Gasteiger partial charge >= 0.3 is 0 Å². The number of hydrogen-bond acceptors (Lipinski definition) is 6. The monoisotopic (exact) mass is 463 g/mol. The summed E-state index contributed by atoms with van der Waals surface area (Å²) >= 11 is 12.0. The second kappa shape index (κ2) is 9.92. The van der Waals surface area contributed by atoms with Crippen LogP contribution in [0.2, 0.25) is 10.0 Å². The molecular formula is C22H27Cl2N5O2. The zero-order valence-electron chi connectivity index (χ0n) is 17.7. The van der Waals surface area contributed by atoms with E-state index in [9.17, 15) is 4.79 Å². The van der Waals surface area contributed by atoms with E-state index in [1.165, 1.54) is 19.3 Å². The van der Waals surface area contributed by atoms with Gasteiger partial charge in [0.15, 0.2) is 6.61 Å². The summed E-state index contributed by atoms with van der Waals surface area (Å²) in [5, 5.41) is 0.928. The first-order valence-corrected chi connectivity index (χ1v) is 11.5. The number of amides is 1. The van der Waals surface area contributed by atoms with Gasteiger partial charge in [0.05, 0.1) is 5.02 Å². The first-order chi connectivity index (χ1) is 15.0. The van der Waals surface area contributed by atoms with Gasteiger partial charge in [-0.1, -0.05) is 23.2 Å². The van der Waals surface area contributed by atoms with Crippen LogP contribution >= 0.6 is 23.2 Å². The minimum atomic E-state index is -0.0569. The Morgan fingerprint density at radius 2 is 1.71 bits per heavy atom. The molecule has 1 amide bonds. The third kappa shape index (κ3) is 5.52. The number of rotatable bonds is 5. The molecule has 0 radical (unpaired) electrons. The van der Waals surface area contributed by atoms with Crippen molar-refractivity contribution < 1.29 is 9.53 Å². The molecule has 31 heavy (non-hydrogen) atoms. The van der Waals surface area contributed by atoms with Gasteiger partial charge < -0.3 is 19.4 Å². The molecule has 0 bridgehead atoms. The average molecular weight is 464 g/mol. The van der Waals surface area contributed by atoms with Crippen LogP contribution in [0.5, 0.6) is 5.75 Å². The molecule has 2 fully saturated rings. The van der Waals surface area contributed by atoms with Gasteiger partial charge in [0.1, 0.15) is 11.6 Å². The lowest BCUT2D eigenvalue weighted by atomic mass is 10.1. The maximum Gasteiger partial charge on any atom is 0.260 e. The summed E-state index contributed by atoms with van der Waals surface area (Å²) in [5.74, 6) is 2.16. The van der Waals surface area contributed by atoms with Gasteiger partial charge in [-0.2, -0.15) is 4.98 Å². The number of ether oxygens (including phenoxy) is 1. The van der Waals surface area contributed by atoms with E-state index in [1.54, 1.807) is 18.2 Å². The van der Waals surface area contributed by atoms with E-state index in [0.717, 1.165) is 43.6 Å². The number of aromatic nitrogens is 2. The molecule has 0 spiro atoms. The molecular weight excluding hydrogens is 437 g/mol. The maximum atomic E-state index is 12.6. The second-order valence-corrected chi connectivity index (χ2v) is 8.79. The highest BCUT2D eigenvalue weighted by molar-refractivity contribution is 6.35. The molecule has 0 saturated carbocycles. The molecule has 3 heterocycles. The van der Waals surface area contributed by atoms with E-state index in [4.69, 9.17) is 32.9 Å². The topological polar surface area (TPSA) is 61.8 Å². The van der Waals surface area contributed by atoms with Gasteiger partial charge in [-0.25, -0.2) is 4.98 Å². The molecule has 2 aliphatic heterocycles. The molecule has 1 aromatic heterocycles. The predicted octanol–water partition coefficient (Wildman–Crippen LogP) is 3.81. The quantitative estimate of drug-likeness (QED) is 0.671. The maximum absolute atomic E-state index is 12.6. The van der Waals surface area contributed by atoms with Crippen LogP contribution in [0.3, 0.4) is 0 Å². The molecule has 166 valence electrons. The molecule has 2 aliphatic rings. The minimum Gasteiger partial charge on any atom is -0.482 e. The fourth-order valence-corrected chi connectivity index (χ4v) is 4.40. The lowest BCUT2D eigenvalue weighted by Gasteiger charge is -2.36. The summed E-state index contributed by atoms with van der Waals surface area (Å²) in [6.45, 7) is 6.69. The van der Waals surface area contributed by atoms with Crippen molar-refractivity contribution in [3.8, 4) is 5.75 Å². The van der Waals surface area contributed by atoms with Gasteiger partial charge in [-0.3, -0.25) is 4.79 Å². The first kappa shape index (κ1) is 22.0. The predicted molar refractivity (Wildman–Crippen MR) is 124 cm³/mol. The molecule has 2 saturated heterocycles. The molecule has 1 aromatic carbocycles. The van der Waals surface area contributed by atoms with Crippen molar-refractivity contribution in [2.24, 2.45) is 0 Å². The molecule has 0 N–H and O–H groups in total. The van der Waals surface area contributed by atoms with E-state index in [0.29, 0.717) is 28.9 Å². The van der Waals surface area contributed by atoms with Crippen molar-refractivity contribution in [2.75, 3.05) is 55.7 Å². The Morgan fingerprint density at radius 1 is 0.968 bits per heavy atom. The highest BCUT2D eigenvalue weighted by atomic mass is 35.5. The van der Waals surface area contributed by atoms with Crippen molar-refractivity contribution in [3.63, 3.8) is 0 Å². The highest BCUT2D eigenvalue weighted by Crippen LogP contribution is 2.27. The SMILES string of the molecule is Cc1cc(N2CCN(C(=O)COc3ccc(Cl)cc3Cl)CC2)nc(N2CCCCC2)n1.